The van der Waals surface area contributed by atoms with Gasteiger partial charge in [0, 0.05) is 6.54 Å². The van der Waals surface area contributed by atoms with Crippen molar-refractivity contribution < 1.29 is 4.74 Å². The Bertz CT molecular complexity index is 557. The van der Waals surface area contributed by atoms with Gasteiger partial charge in [0.2, 0.25) is 5.88 Å². The van der Waals surface area contributed by atoms with Crippen LogP contribution in [0.3, 0.4) is 0 Å². The lowest BCUT2D eigenvalue weighted by Gasteiger charge is -2.06. The second kappa shape index (κ2) is 4.21. The maximum Gasteiger partial charge on any atom is 0.242 e. The Labute approximate surface area is 98.5 Å². The Kier molecular flexibility index (Phi) is 2.91. The highest BCUT2D eigenvalue weighted by Crippen LogP contribution is 2.20. The molecule has 0 unspecified atom stereocenters. The predicted octanol–water partition coefficient (Wildman–Crippen LogP) is 2.15. The second-order valence-electron chi connectivity index (χ2n) is 4.02. The van der Waals surface area contributed by atoms with Crippen LogP contribution in [0, 0.1) is 10.7 Å². The summed E-state index contributed by atoms with van der Waals surface area (Å²) in [5, 5.41) is 0. The number of methoxy groups -OCH3 is 1. The molecule has 0 saturated heterocycles. The van der Waals surface area contributed by atoms with E-state index in [0.29, 0.717) is 16.6 Å². The molecular weight excluding hydrogens is 224 g/mol. The Morgan fingerprint density at radius 2 is 2.25 bits per heavy atom. The topological polar surface area (TPSA) is 55.7 Å². The lowest BCUT2D eigenvalue weighted by molar-refractivity contribution is 0.401. The molecule has 0 radical (unpaired) electrons. The van der Waals surface area contributed by atoms with Gasteiger partial charge in [-0.2, -0.15) is 4.98 Å². The van der Waals surface area contributed by atoms with Crippen LogP contribution in [0.15, 0.2) is 6.33 Å². The number of aromatic amines is 1. The van der Waals surface area contributed by atoms with Crippen molar-refractivity contribution in [1.82, 2.24) is 19.5 Å². The monoisotopic (exact) mass is 238 g/mol. The van der Waals surface area contributed by atoms with Gasteiger partial charge in [-0.15, -0.1) is 0 Å². The summed E-state index contributed by atoms with van der Waals surface area (Å²) in [7, 11) is 1.58. The van der Waals surface area contributed by atoms with Crippen molar-refractivity contribution in [3.63, 3.8) is 0 Å². The first-order chi connectivity index (χ1) is 7.63. The van der Waals surface area contributed by atoms with Crippen molar-refractivity contribution in [1.29, 1.82) is 0 Å². The number of hydrogen-bond donors (Lipinski definition) is 1. The summed E-state index contributed by atoms with van der Waals surface area (Å²) in [6, 6.07) is 0. The first kappa shape index (κ1) is 11.1. The van der Waals surface area contributed by atoms with E-state index in [9.17, 15) is 0 Å². The third kappa shape index (κ3) is 1.80. The fourth-order valence-corrected chi connectivity index (χ4v) is 1.90. The summed E-state index contributed by atoms with van der Waals surface area (Å²) in [5.41, 5.74) is 1.56. The maximum absolute atomic E-state index is 5.26. The molecule has 0 aromatic carbocycles. The Morgan fingerprint density at radius 1 is 1.50 bits per heavy atom. The highest BCUT2D eigenvalue weighted by molar-refractivity contribution is 7.71. The van der Waals surface area contributed by atoms with Gasteiger partial charge in [0.15, 0.2) is 10.4 Å². The van der Waals surface area contributed by atoms with E-state index in [1.54, 1.807) is 7.11 Å². The molecule has 2 rings (SSSR count). The minimum atomic E-state index is 0.506. The molecule has 0 fully saturated rings. The van der Waals surface area contributed by atoms with Crippen molar-refractivity contribution in [3.8, 4) is 5.88 Å². The van der Waals surface area contributed by atoms with Gasteiger partial charge in [0.05, 0.1) is 7.11 Å². The molecule has 86 valence electrons. The van der Waals surface area contributed by atoms with Gasteiger partial charge in [0.25, 0.3) is 0 Å². The Hall–Kier alpha value is -1.43. The molecule has 0 saturated carbocycles. The number of rotatable bonds is 3. The highest BCUT2D eigenvalue weighted by Gasteiger charge is 2.11. The Morgan fingerprint density at radius 3 is 2.88 bits per heavy atom. The van der Waals surface area contributed by atoms with E-state index in [1.807, 2.05) is 4.57 Å². The smallest absolute Gasteiger partial charge is 0.242 e. The molecule has 0 bridgehead atoms. The maximum atomic E-state index is 5.26. The quantitative estimate of drug-likeness (QED) is 0.832. The molecule has 2 heterocycles. The van der Waals surface area contributed by atoms with E-state index >= 15 is 0 Å². The number of nitrogens with zero attached hydrogens (tertiary/aromatic N) is 3. The van der Waals surface area contributed by atoms with Gasteiger partial charge in [-0.3, -0.25) is 0 Å². The van der Waals surface area contributed by atoms with E-state index < -0.39 is 0 Å². The normalized spacial score (nSPS) is 11.2. The molecule has 0 aliphatic heterocycles. The molecule has 2 aromatic rings. The van der Waals surface area contributed by atoms with Crippen LogP contribution in [0.2, 0.25) is 0 Å². The van der Waals surface area contributed by atoms with Gasteiger partial charge in [-0.1, -0.05) is 13.8 Å². The van der Waals surface area contributed by atoms with Gasteiger partial charge in [-0.05, 0) is 18.1 Å². The standard InChI is InChI=1S/C10H14N4OS/c1-6(2)4-14-8-7(13-10(14)16)9(15-3)12-5-11-8/h5-6H,4H2,1-3H3,(H,13,16). The van der Waals surface area contributed by atoms with Crippen molar-refractivity contribution in [2.24, 2.45) is 5.92 Å². The van der Waals surface area contributed by atoms with Crippen molar-refractivity contribution in [2.75, 3.05) is 7.11 Å². The number of imidazole rings is 1. The zero-order valence-electron chi connectivity index (χ0n) is 9.52. The number of hydrogen-bond acceptors (Lipinski definition) is 4. The third-order valence-electron chi connectivity index (χ3n) is 2.27. The van der Waals surface area contributed by atoms with Gasteiger partial charge in [-0.25, -0.2) is 4.98 Å². The Balaban J connectivity index is 2.66. The molecular formula is C10H14N4OS. The van der Waals surface area contributed by atoms with Crippen molar-refractivity contribution in [3.05, 3.63) is 11.1 Å². The van der Waals surface area contributed by atoms with Crippen LogP contribution in [0.1, 0.15) is 13.8 Å². The zero-order chi connectivity index (χ0) is 11.7. The average molecular weight is 238 g/mol. The first-order valence-electron chi connectivity index (χ1n) is 5.11. The van der Waals surface area contributed by atoms with E-state index in [-0.39, 0.29) is 0 Å². The zero-order valence-corrected chi connectivity index (χ0v) is 10.3. The van der Waals surface area contributed by atoms with Gasteiger partial charge >= 0.3 is 0 Å². The van der Waals surface area contributed by atoms with Crippen LogP contribution >= 0.6 is 12.2 Å². The largest absolute Gasteiger partial charge is 0.479 e. The van der Waals surface area contributed by atoms with Gasteiger partial charge < -0.3 is 14.3 Å². The van der Waals surface area contributed by atoms with Crippen molar-refractivity contribution in [2.45, 2.75) is 20.4 Å². The average Bonchev–Trinajstić information content (AvgIpc) is 2.55. The predicted molar refractivity (Wildman–Crippen MR) is 64.1 cm³/mol. The summed E-state index contributed by atoms with van der Waals surface area (Å²) in [5.74, 6) is 1.03. The fourth-order valence-electron chi connectivity index (χ4n) is 1.63. The molecule has 0 amide bonds. The van der Waals surface area contributed by atoms with Crippen LogP contribution < -0.4 is 4.74 Å². The molecule has 0 aliphatic rings. The number of nitrogens with one attached hydrogen (secondary N) is 1. The molecule has 5 nitrogen and oxygen atoms in total. The van der Waals surface area contributed by atoms with E-state index in [0.717, 1.165) is 17.7 Å². The van der Waals surface area contributed by atoms with Crippen LogP contribution in [0.5, 0.6) is 5.88 Å². The summed E-state index contributed by atoms with van der Waals surface area (Å²) in [4.78, 5) is 11.4. The fraction of sp³-hybridized carbons (Fsp3) is 0.500. The molecule has 0 aliphatic carbocycles. The lowest BCUT2D eigenvalue weighted by atomic mass is 10.2. The minimum Gasteiger partial charge on any atom is -0.479 e. The van der Waals surface area contributed by atoms with Crippen LogP contribution in [-0.2, 0) is 6.54 Å². The number of H-pyrrole nitrogens is 1. The number of fused-ring (bicyclic) bond motifs is 1. The molecule has 6 heteroatoms. The van der Waals surface area contributed by atoms with Crippen LogP contribution in [0.25, 0.3) is 11.2 Å². The molecule has 0 atom stereocenters. The van der Waals surface area contributed by atoms with Crippen LogP contribution in [0.4, 0.5) is 0 Å². The van der Waals surface area contributed by atoms with Crippen LogP contribution in [-0.4, -0.2) is 26.6 Å². The van der Waals surface area contributed by atoms with E-state index in [4.69, 9.17) is 17.0 Å². The third-order valence-corrected chi connectivity index (χ3v) is 2.59. The number of aromatic nitrogens is 4. The number of ether oxygens (including phenoxy) is 1. The summed E-state index contributed by atoms with van der Waals surface area (Å²) < 4.78 is 7.79. The summed E-state index contributed by atoms with van der Waals surface area (Å²) >= 11 is 5.26. The van der Waals surface area contributed by atoms with E-state index in [2.05, 4.69) is 28.8 Å². The SMILES string of the molecule is COc1ncnc2c1[nH]c(=S)n2CC(C)C. The minimum absolute atomic E-state index is 0.506. The summed E-state index contributed by atoms with van der Waals surface area (Å²) in [6.07, 6.45) is 1.49. The molecule has 0 spiro atoms. The lowest BCUT2D eigenvalue weighted by Crippen LogP contribution is -2.05. The molecule has 16 heavy (non-hydrogen) atoms. The second-order valence-corrected chi connectivity index (χ2v) is 4.40. The highest BCUT2D eigenvalue weighted by atomic mass is 32.1. The molecule has 1 N–H and O–H groups in total. The van der Waals surface area contributed by atoms with Gasteiger partial charge in [0.1, 0.15) is 11.8 Å². The molecule has 2 aromatic heterocycles. The van der Waals surface area contributed by atoms with Crippen molar-refractivity contribution >= 4 is 23.4 Å². The summed E-state index contributed by atoms with van der Waals surface area (Å²) in [6.45, 7) is 5.11. The first-order valence-corrected chi connectivity index (χ1v) is 5.51. The van der Waals surface area contributed by atoms with E-state index in [1.165, 1.54) is 6.33 Å².